The number of nitrogens with zero attached hydrogens (tertiary/aromatic N) is 1. The average Bonchev–Trinajstić information content (AvgIpc) is 2.45. The number of hydrogen-bond donors (Lipinski definition) is 1. The quantitative estimate of drug-likeness (QED) is 0.638. The summed E-state index contributed by atoms with van der Waals surface area (Å²) in [6.07, 6.45) is 0. The van der Waals surface area contributed by atoms with Crippen molar-refractivity contribution in [1.82, 2.24) is 5.32 Å². The molecule has 0 saturated carbocycles. The highest BCUT2D eigenvalue weighted by atomic mass is 79.9. The lowest BCUT2D eigenvalue weighted by Gasteiger charge is -2.16. The molecule has 2 rings (SSSR count). The van der Waals surface area contributed by atoms with Gasteiger partial charge in [0, 0.05) is 28.7 Å². The first-order chi connectivity index (χ1) is 9.99. The zero-order chi connectivity index (χ0) is 15.4. The summed E-state index contributed by atoms with van der Waals surface area (Å²) in [5.41, 5.74) is 3.23. The third-order valence-corrected chi connectivity index (χ3v) is 3.99. The molecule has 0 saturated heterocycles. The fourth-order valence-electron chi connectivity index (χ4n) is 2.32. The van der Waals surface area contributed by atoms with Gasteiger partial charge in [-0.3, -0.25) is 10.1 Å². The molecule has 0 radical (unpaired) electrons. The fourth-order valence-corrected chi connectivity index (χ4v) is 2.73. The molecule has 5 heteroatoms. The number of nitrogens with one attached hydrogen (secondary N) is 1. The Morgan fingerprint density at radius 1 is 1.29 bits per heavy atom. The highest BCUT2D eigenvalue weighted by Crippen LogP contribution is 2.24. The molecule has 4 nitrogen and oxygen atoms in total. The van der Waals surface area contributed by atoms with Crippen molar-refractivity contribution in [2.45, 2.75) is 26.4 Å². The van der Waals surface area contributed by atoms with Crippen LogP contribution in [0, 0.1) is 17.0 Å². The van der Waals surface area contributed by atoms with E-state index in [1.165, 1.54) is 17.2 Å². The Morgan fingerprint density at radius 3 is 2.67 bits per heavy atom. The van der Waals surface area contributed by atoms with Gasteiger partial charge in [0.1, 0.15) is 0 Å². The van der Waals surface area contributed by atoms with Gasteiger partial charge in [-0.15, -0.1) is 0 Å². The predicted octanol–water partition coefficient (Wildman–Crippen LogP) is 4.52. The topological polar surface area (TPSA) is 55.2 Å². The number of rotatable bonds is 5. The smallest absolute Gasteiger partial charge is 0.273 e. The minimum absolute atomic E-state index is 0.129. The molecule has 0 aliphatic rings. The standard InChI is InChI=1S/C16H17BrN2O2/c1-11-5-3-4-6-15(11)12(2)18-10-13-9-14(17)7-8-16(13)19(20)21/h3-9,12,18H,10H2,1-2H3. The number of nitro benzene ring substituents is 1. The third-order valence-electron chi connectivity index (χ3n) is 3.49. The summed E-state index contributed by atoms with van der Waals surface area (Å²) >= 11 is 3.36. The molecule has 110 valence electrons. The van der Waals surface area contributed by atoms with Crippen LogP contribution in [0.4, 0.5) is 5.69 Å². The first-order valence-electron chi connectivity index (χ1n) is 6.70. The summed E-state index contributed by atoms with van der Waals surface area (Å²) in [4.78, 5) is 10.7. The van der Waals surface area contributed by atoms with E-state index in [-0.39, 0.29) is 16.7 Å². The van der Waals surface area contributed by atoms with E-state index in [4.69, 9.17) is 0 Å². The molecule has 0 spiro atoms. The fraction of sp³-hybridized carbons (Fsp3) is 0.250. The van der Waals surface area contributed by atoms with E-state index in [0.29, 0.717) is 12.1 Å². The van der Waals surface area contributed by atoms with Crippen LogP contribution in [0.2, 0.25) is 0 Å². The lowest BCUT2D eigenvalue weighted by atomic mass is 10.0. The van der Waals surface area contributed by atoms with Crippen LogP contribution < -0.4 is 5.32 Å². The van der Waals surface area contributed by atoms with E-state index in [1.807, 2.05) is 12.1 Å². The molecule has 0 aliphatic carbocycles. The van der Waals surface area contributed by atoms with Crippen LogP contribution in [-0.2, 0) is 6.54 Å². The van der Waals surface area contributed by atoms with Crippen LogP contribution in [0.15, 0.2) is 46.9 Å². The second-order valence-electron chi connectivity index (χ2n) is 4.99. The lowest BCUT2D eigenvalue weighted by Crippen LogP contribution is -2.19. The zero-order valence-corrected chi connectivity index (χ0v) is 13.6. The SMILES string of the molecule is Cc1ccccc1C(C)NCc1cc(Br)ccc1[N+](=O)[O-]. The van der Waals surface area contributed by atoms with Crippen molar-refractivity contribution in [3.8, 4) is 0 Å². The molecule has 0 bridgehead atoms. The van der Waals surface area contributed by atoms with Crippen molar-refractivity contribution in [2.75, 3.05) is 0 Å². The van der Waals surface area contributed by atoms with Gasteiger partial charge in [0.05, 0.1) is 4.92 Å². The number of benzene rings is 2. The summed E-state index contributed by atoms with van der Waals surface area (Å²) < 4.78 is 0.841. The summed E-state index contributed by atoms with van der Waals surface area (Å²) in [7, 11) is 0. The van der Waals surface area contributed by atoms with Crippen LogP contribution in [-0.4, -0.2) is 4.92 Å². The largest absolute Gasteiger partial charge is 0.306 e. The maximum absolute atomic E-state index is 11.1. The van der Waals surface area contributed by atoms with E-state index in [2.05, 4.69) is 47.2 Å². The van der Waals surface area contributed by atoms with Crippen molar-refractivity contribution in [2.24, 2.45) is 0 Å². The van der Waals surface area contributed by atoms with Crippen LogP contribution in [0.25, 0.3) is 0 Å². The Bertz CT molecular complexity index is 658. The Balaban J connectivity index is 2.15. The molecular weight excluding hydrogens is 332 g/mol. The van der Waals surface area contributed by atoms with Gasteiger partial charge in [-0.2, -0.15) is 0 Å². The molecule has 2 aromatic carbocycles. The summed E-state index contributed by atoms with van der Waals surface area (Å²) in [5, 5.41) is 14.4. The molecule has 0 fully saturated rings. The minimum atomic E-state index is -0.345. The number of nitro groups is 1. The Hall–Kier alpha value is -1.72. The molecule has 0 amide bonds. The number of aryl methyl sites for hydroxylation is 1. The van der Waals surface area contributed by atoms with Crippen molar-refractivity contribution < 1.29 is 4.92 Å². The molecule has 2 aromatic rings. The molecule has 1 N–H and O–H groups in total. The van der Waals surface area contributed by atoms with Crippen LogP contribution >= 0.6 is 15.9 Å². The van der Waals surface area contributed by atoms with Gasteiger partial charge < -0.3 is 5.32 Å². The highest BCUT2D eigenvalue weighted by molar-refractivity contribution is 9.10. The first kappa shape index (κ1) is 15.7. The number of halogens is 1. The van der Waals surface area contributed by atoms with Crippen LogP contribution in [0.5, 0.6) is 0 Å². The third kappa shape index (κ3) is 3.89. The van der Waals surface area contributed by atoms with Gasteiger partial charge >= 0.3 is 0 Å². The summed E-state index contributed by atoms with van der Waals surface area (Å²) in [6, 6.07) is 13.3. The second-order valence-corrected chi connectivity index (χ2v) is 5.90. The van der Waals surface area contributed by atoms with Gasteiger partial charge in [-0.1, -0.05) is 40.2 Å². The lowest BCUT2D eigenvalue weighted by molar-refractivity contribution is -0.385. The van der Waals surface area contributed by atoms with E-state index in [0.717, 1.165) is 4.47 Å². The zero-order valence-electron chi connectivity index (χ0n) is 12.0. The Labute approximate surface area is 132 Å². The first-order valence-corrected chi connectivity index (χ1v) is 7.50. The predicted molar refractivity (Wildman–Crippen MR) is 87.2 cm³/mol. The van der Waals surface area contributed by atoms with Crippen molar-refractivity contribution in [1.29, 1.82) is 0 Å². The van der Waals surface area contributed by atoms with Crippen LogP contribution in [0.1, 0.15) is 29.7 Å². The molecule has 0 heterocycles. The Kier molecular flexibility index (Phi) is 5.09. The normalized spacial score (nSPS) is 12.1. The molecule has 1 unspecified atom stereocenters. The summed E-state index contributed by atoms with van der Waals surface area (Å²) in [5.74, 6) is 0. The molecule has 0 aromatic heterocycles. The molecule has 1 atom stereocenters. The highest BCUT2D eigenvalue weighted by Gasteiger charge is 2.15. The average molecular weight is 349 g/mol. The van der Waals surface area contributed by atoms with Gasteiger partial charge in [0.25, 0.3) is 5.69 Å². The van der Waals surface area contributed by atoms with Crippen molar-refractivity contribution in [3.63, 3.8) is 0 Å². The van der Waals surface area contributed by atoms with Gasteiger partial charge in [0.15, 0.2) is 0 Å². The maximum atomic E-state index is 11.1. The van der Waals surface area contributed by atoms with Gasteiger partial charge in [-0.25, -0.2) is 0 Å². The van der Waals surface area contributed by atoms with Gasteiger partial charge in [-0.05, 0) is 37.1 Å². The Morgan fingerprint density at radius 2 is 2.00 bits per heavy atom. The monoisotopic (exact) mass is 348 g/mol. The van der Waals surface area contributed by atoms with E-state index in [9.17, 15) is 10.1 Å². The maximum Gasteiger partial charge on any atom is 0.273 e. The summed E-state index contributed by atoms with van der Waals surface area (Å²) in [6.45, 7) is 4.58. The van der Waals surface area contributed by atoms with E-state index >= 15 is 0 Å². The van der Waals surface area contributed by atoms with E-state index in [1.54, 1.807) is 12.1 Å². The molecule has 21 heavy (non-hydrogen) atoms. The van der Waals surface area contributed by atoms with Crippen LogP contribution in [0.3, 0.4) is 0 Å². The van der Waals surface area contributed by atoms with E-state index < -0.39 is 0 Å². The molecular formula is C16H17BrN2O2. The minimum Gasteiger partial charge on any atom is -0.306 e. The molecule has 0 aliphatic heterocycles. The number of hydrogen-bond acceptors (Lipinski definition) is 3. The second kappa shape index (κ2) is 6.83. The van der Waals surface area contributed by atoms with Crippen molar-refractivity contribution >= 4 is 21.6 Å². The van der Waals surface area contributed by atoms with Crippen molar-refractivity contribution in [3.05, 3.63) is 73.7 Å². The van der Waals surface area contributed by atoms with Gasteiger partial charge in [0.2, 0.25) is 0 Å².